The molecule has 0 aliphatic heterocycles. The van der Waals surface area contributed by atoms with E-state index in [0.717, 1.165) is 26.3 Å². The topological polar surface area (TPSA) is 24.5 Å². The van der Waals surface area contributed by atoms with Crippen molar-refractivity contribution in [2.75, 3.05) is 39.4 Å². The Hall–Kier alpha value is -0.120. The number of rotatable bonds is 10. The van der Waals surface area contributed by atoms with Gasteiger partial charge in [-0.1, -0.05) is 33.6 Å². The number of likely N-dealkylation sites (N-methyl/N-ethyl adjacent to an activating group) is 1. The maximum atomic E-state index is 5.50. The van der Waals surface area contributed by atoms with Crippen LogP contribution in [0.25, 0.3) is 0 Å². The molecule has 0 aromatic rings. The number of nitrogens with one attached hydrogen (secondary N) is 1. The molecular weight excluding hydrogens is 236 g/mol. The SMILES string of the molecule is CCOCCN(CC)CC1(CNC(C)C)CCCC1. The lowest BCUT2D eigenvalue weighted by Gasteiger charge is -2.36. The zero-order valence-electron chi connectivity index (χ0n) is 13.5. The number of hydrogen-bond donors (Lipinski definition) is 1. The van der Waals surface area contributed by atoms with Gasteiger partial charge in [0.2, 0.25) is 0 Å². The van der Waals surface area contributed by atoms with Crippen LogP contribution in [-0.4, -0.2) is 50.3 Å². The lowest BCUT2D eigenvalue weighted by molar-refractivity contribution is 0.0887. The molecule has 114 valence electrons. The van der Waals surface area contributed by atoms with Gasteiger partial charge in [0.25, 0.3) is 0 Å². The summed E-state index contributed by atoms with van der Waals surface area (Å²) in [5.41, 5.74) is 0.506. The second kappa shape index (κ2) is 8.93. The molecule has 1 saturated carbocycles. The molecule has 1 aliphatic rings. The molecule has 0 radical (unpaired) electrons. The zero-order chi connectivity index (χ0) is 14.1. The zero-order valence-corrected chi connectivity index (χ0v) is 13.5. The van der Waals surface area contributed by atoms with Crippen LogP contribution in [0.5, 0.6) is 0 Å². The molecule has 0 amide bonds. The summed E-state index contributed by atoms with van der Waals surface area (Å²) in [7, 11) is 0. The van der Waals surface area contributed by atoms with Gasteiger partial charge in [-0.25, -0.2) is 0 Å². The summed E-state index contributed by atoms with van der Waals surface area (Å²) in [6, 6.07) is 0.593. The van der Waals surface area contributed by atoms with Crippen molar-refractivity contribution in [3.8, 4) is 0 Å². The molecular formula is C16H34N2O. The Morgan fingerprint density at radius 2 is 1.89 bits per heavy atom. The van der Waals surface area contributed by atoms with Crippen molar-refractivity contribution in [3.63, 3.8) is 0 Å². The van der Waals surface area contributed by atoms with Crippen LogP contribution in [-0.2, 0) is 4.74 Å². The summed E-state index contributed by atoms with van der Waals surface area (Å²) in [4.78, 5) is 2.57. The van der Waals surface area contributed by atoms with Gasteiger partial charge in [-0.3, -0.25) is 0 Å². The van der Waals surface area contributed by atoms with Gasteiger partial charge in [0, 0.05) is 32.3 Å². The molecule has 0 saturated heterocycles. The third-order valence-corrected chi connectivity index (χ3v) is 4.31. The molecule has 1 rings (SSSR count). The molecule has 0 atom stereocenters. The van der Waals surface area contributed by atoms with Crippen LogP contribution in [0, 0.1) is 5.41 Å². The Kier molecular flexibility index (Phi) is 7.96. The van der Waals surface area contributed by atoms with E-state index in [9.17, 15) is 0 Å². The summed E-state index contributed by atoms with van der Waals surface area (Å²) in [6.07, 6.45) is 5.58. The van der Waals surface area contributed by atoms with Gasteiger partial charge in [0.05, 0.1) is 6.61 Å². The second-order valence-corrected chi connectivity index (χ2v) is 6.31. The average Bonchev–Trinajstić information content (AvgIpc) is 2.85. The fourth-order valence-corrected chi connectivity index (χ4v) is 3.10. The van der Waals surface area contributed by atoms with Crippen molar-refractivity contribution in [2.24, 2.45) is 5.41 Å². The predicted molar refractivity (Wildman–Crippen MR) is 82.6 cm³/mol. The van der Waals surface area contributed by atoms with E-state index in [2.05, 4.69) is 37.9 Å². The van der Waals surface area contributed by atoms with Crippen molar-refractivity contribution < 1.29 is 4.74 Å². The Morgan fingerprint density at radius 1 is 1.21 bits per heavy atom. The number of nitrogens with zero attached hydrogens (tertiary/aromatic N) is 1. The van der Waals surface area contributed by atoms with Crippen molar-refractivity contribution in [3.05, 3.63) is 0 Å². The Labute approximate surface area is 120 Å². The fraction of sp³-hybridized carbons (Fsp3) is 1.00. The van der Waals surface area contributed by atoms with Crippen LogP contribution in [0.2, 0.25) is 0 Å². The molecule has 1 N–H and O–H groups in total. The highest BCUT2D eigenvalue weighted by Gasteiger charge is 2.35. The quantitative estimate of drug-likeness (QED) is 0.618. The van der Waals surface area contributed by atoms with Crippen LogP contribution in [0.4, 0.5) is 0 Å². The van der Waals surface area contributed by atoms with E-state index < -0.39 is 0 Å². The monoisotopic (exact) mass is 270 g/mol. The molecule has 0 bridgehead atoms. The van der Waals surface area contributed by atoms with Gasteiger partial charge in [0.1, 0.15) is 0 Å². The first kappa shape index (κ1) is 16.9. The normalized spacial score (nSPS) is 18.6. The van der Waals surface area contributed by atoms with Crippen LogP contribution >= 0.6 is 0 Å². The standard InChI is InChI=1S/C16H34N2O/c1-5-18(11-12-19-6-2)14-16(9-7-8-10-16)13-17-15(3)4/h15,17H,5-14H2,1-4H3. The number of hydrogen-bond acceptors (Lipinski definition) is 3. The van der Waals surface area contributed by atoms with E-state index in [1.165, 1.54) is 38.8 Å². The molecule has 0 heterocycles. The molecule has 1 fully saturated rings. The molecule has 1 aliphatic carbocycles. The molecule has 3 nitrogen and oxygen atoms in total. The maximum Gasteiger partial charge on any atom is 0.0593 e. The maximum absolute atomic E-state index is 5.50. The Bertz CT molecular complexity index is 225. The highest BCUT2D eigenvalue weighted by molar-refractivity contribution is 4.89. The summed E-state index contributed by atoms with van der Waals surface area (Å²) in [6.45, 7) is 15.2. The molecule has 3 heteroatoms. The number of ether oxygens (including phenoxy) is 1. The summed E-state index contributed by atoms with van der Waals surface area (Å²) in [5, 5.41) is 3.67. The molecule has 0 spiro atoms. The molecule has 0 unspecified atom stereocenters. The highest BCUT2D eigenvalue weighted by atomic mass is 16.5. The van der Waals surface area contributed by atoms with Crippen LogP contribution in [0.1, 0.15) is 53.4 Å². The van der Waals surface area contributed by atoms with E-state index in [1.807, 2.05) is 0 Å². The molecule has 19 heavy (non-hydrogen) atoms. The summed E-state index contributed by atoms with van der Waals surface area (Å²) >= 11 is 0. The van der Waals surface area contributed by atoms with Crippen molar-refractivity contribution in [1.29, 1.82) is 0 Å². The largest absolute Gasteiger partial charge is 0.380 e. The van der Waals surface area contributed by atoms with E-state index in [4.69, 9.17) is 4.74 Å². The molecule has 0 aromatic heterocycles. The first-order valence-corrected chi connectivity index (χ1v) is 8.15. The minimum atomic E-state index is 0.506. The van der Waals surface area contributed by atoms with Gasteiger partial charge >= 0.3 is 0 Å². The Balaban J connectivity index is 2.45. The van der Waals surface area contributed by atoms with E-state index in [1.54, 1.807) is 0 Å². The minimum absolute atomic E-state index is 0.506. The van der Waals surface area contributed by atoms with E-state index in [0.29, 0.717) is 11.5 Å². The van der Waals surface area contributed by atoms with Gasteiger partial charge < -0.3 is 15.0 Å². The predicted octanol–water partition coefficient (Wildman–Crippen LogP) is 2.90. The molecule has 0 aromatic carbocycles. The third-order valence-electron chi connectivity index (χ3n) is 4.31. The van der Waals surface area contributed by atoms with E-state index >= 15 is 0 Å². The van der Waals surface area contributed by atoms with E-state index in [-0.39, 0.29) is 0 Å². The fourth-order valence-electron chi connectivity index (χ4n) is 3.10. The van der Waals surface area contributed by atoms with Crippen LogP contribution in [0.3, 0.4) is 0 Å². The van der Waals surface area contributed by atoms with Crippen molar-refractivity contribution in [2.45, 2.75) is 59.4 Å². The van der Waals surface area contributed by atoms with Gasteiger partial charge in [0.15, 0.2) is 0 Å². The lowest BCUT2D eigenvalue weighted by atomic mass is 9.85. The summed E-state index contributed by atoms with van der Waals surface area (Å²) < 4.78 is 5.50. The first-order valence-electron chi connectivity index (χ1n) is 8.15. The first-order chi connectivity index (χ1) is 9.12. The van der Waals surface area contributed by atoms with Crippen LogP contribution in [0.15, 0.2) is 0 Å². The minimum Gasteiger partial charge on any atom is -0.380 e. The smallest absolute Gasteiger partial charge is 0.0593 e. The Morgan fingerprint density at radius 3 is 2.42 bits per heavy atom. The van der Waals surface area contributed by atoms with Gasteiger partial charge in [-0.05, 0) is 31.7 Å². The highest BCUT2D eigenvalue weighted by Crippen LogP contribution is 2.38. The second-order valence-electron chi connectivity index (χ2n) is 6.31. The average molecular weight is 270 g/mol. The third kappa shape index (κ3) is 6.24. The van der Waals surface area contributed by atoms with Gasteiger partial charge in [-0.15, -0.1) is 0 Å². The van der Waals surface area contributed by atoms with Crippen molar-refractivity contribution in [1.82, 2.24) is 10.2 Å². The van der Waals surface area contributed by atoms with Gasteiger partial charge in [-0.2, -0.15) is 0 Å². The lowest BCUT2D eigenvalue weighted by Crippen LogP contribution is -2.45. The van der Waals surface area contributed by atoms with Crippen LogP contribution < -0.4 is 5.32 Å². The van der Waals surface area contributed by atoms with Crippen molar-refractivity contribution >= 4 is 0 Å². The summed E-state index contributed by atoms with van der Waals surface area (Å²) in [5.74, 6) is 0.